The number of rotatable bonds is 4. The molecule has 0 aliphatic rings. The minimum Gasteiger partial charge on any atom is -0.456 e. The number of furan rings is 1. The number of hydrogen-bond acceptors (Lipinski definition) is 5. The van der Waals surface area contributed by atoms with Crippen LogP contribution in [0.1, 0.15) is 29.1 Å². The third kappa shape index (κ3) is 2.25. The Morgan fingerprint density at radius 3 is 3.06 bits per heavy atom. The lowest BCUT2D eigenvalue weighted by molar-refractivity contribution is 0.0920. The quantitative estimate of drug-likeness (QED) is 0.773. The lowest BCUT2D eigenvalue weighted by atomic mass is 10.3. The number of hydrogen-bond donors (Lipinski definition) is 2. The molecule has 84 valence electrons. The first-order valence-corrected chi connectivity index (χ1v) is 4.89. The second kappa shape index (κ2) is 4.56. The number of nitrogens with zero attached hydrogens (tertiary/aromatic N) is 3. The number of amides is 1. The lowest BCUT2D eigenvalue weighted by Gasteiger charge is -1.98. The first kappa shape index (κ1) is 10.3. The molecule has 0 bridgehead atoms. The van der Waals surface area contributed by atoms with Crippen LogP contribution in [0.15, 0.2) is 16.5 Å². The van der Waals surface area contributed by atoms with Gasteiger partial charge in [-0.1, -0.05) is 12.1 Å². The Bertz CT molecular complexity index is 462. The summed E-state index contributed by atoms with van der Waals surface area (Å²) in [5.41, 5.74) is 0. The SMILES string of the molecule is CCc1ccc(C(=O)NCc2nn[nH]n2)o1. The molecule has 2 heterocycles. The first-order valence-electron chi connectivity index (χ1n) is 4.89. The summed E-state index contributed by atoms with van der Waals surface area (Å²) in [6.45, 7) is 2.18. The number of aromatic nitrogens is 4. The smallest absolute Gasteiger partial charge is 0.287 e. The Labute approximate surface area is 91.2 Å². The summed E-state index contributed by atoms with van der Waals surface area (Å²) in [5.74, 6) is 1.21. The summed E-state index contributed by atoms with van der Waals surface area (Å²) in [4.78, 5) is 11.6. The van der Waals surface area contributed by atoms with E-state index < -0.39 is 0 Å². The zero-order valence-electron chi connectivity index (χ0n) is 8.73. The van der Waals surface area contributed by atoms with Crippen LogP contribution in [0.5, 0.6) is 0 Å². The molecule has 0 fully saturated rings. The molecule has 0 radical (unpaired) electrons. The van der Waals surface area contributed by atoms with Crippen molar-refractivity contribution in [2.45, 2.75) is 19.9 Å². The van der Waals surface area contributed by atoms with E-state index in [0.29, 0.717) is 11.6 Å². The van der Waals surface area contributed by atoms with Crippen LogP contribution in [-0.2, 0) is 13.0 Å². The van der Waals surface area contributed by atoms with E-state index in [9.17, 15) is 4.79 Å². The van der Waals surface area contributed by atoms with Gasteiger partial charge in [-0.3, -0.25) is 4.79 Å². The normalized spacial score (nSPS) is 10.3. The van der Waals surface area contributed by atoms with Crippen LogP contribution in [0.4, 0.5) is 0 Å². The fourth-order valence-electron chi connectivity index (χ4n) is 1.19. The number of aryl methyl sites for hydroxylation is 1. The van der Waals surface area contributed by atoms with E-state index in [-0.39, 0.29) is 12.5 Å². The molecule has 2 rings (SSSR count). The van der Waals surface area contributed by atoms with Crippen molar-refractivity contribution in [2.24, 2.45) is 0 Å². The van der Waals surface area contributed by atoms with Crippen molar-refractivity contribution in [1.29, 1.82) is 0 Å². The number of aromatic amines is 1. The molecule has 0 saturated heterocycles. The van der Waals surface area contributed by atoms with Gasteiger partial charge in [0, 0.05) is 6.42 Å². The van der Waals surface area contributed by atoms with Crippen LogP contribution in [0.3, 0.4) is 0 Å². The molecule has 1 amide bonds. The summed E-state index contributed by atoms with van der Waals surface area (Å²) in [5, 5.41) is 15.7. The van der Waals surface area contributed by atoms with Gasteiger partial charge in [-0.05, 0) is 12.1 Å². The number of tetrazole rings is 1. The number of H-pyrrole nitrogens is 1. The van der Waals surface area contributed by atoms with Crippen molar-refractivity contribution < 1.29 is 9.21 Å². The van der Waals surface area contributed by atoms with E-state index in [1.807, 2.05) is 6.92 Å². The van der Waals surface area contributed by atoms with Crippen molar-refractivity contribution in [3.05, 3.63) is 29.5 Å². The van der Waals surface area contributed by atoms with Crippen molar-refractivity contribution in [3.8, 4) is 0 Å². The Hall–Kier alpha value is -2.18. The largest absolute Gasteiger partial charge is 0.456 e. The van der Waals surface area contributed by atoms with Gasteiger partial charge in [0.1, 0.15) is 5.76 Å². The Balaban J connectivity index is 1.93. The van der Waals surface area contributed by atoms with Gasteiger partial charge < -0.3 is 9.73 Å². The molecule has 7 nitrogen and oxygen atoms in total. The van der Waals surface area contributed by atoms with Gasteiger partial charge in [0.25, 0.3) is 5.91 Å². The maximum atomic E-state index is 11.6. The van der Waals surface area contributed by atoms with Gasteiger partial charge in [-0.15, -0.1) is 10.2 Å². The van der Waals surface area contributed by atoms with Crippen LogP contribution < -0.4 is 5.32 Å². The number of nitrogens with one attached hydrogen (secondary N) is 2. The van der Waals surface area contributed by atoms with E-state index in [0.717, 1.165) is 12.2 Å². The van der Waals surface area contributed by atoms with E-state index >= 15 is 0 Å². The second-order valence-electron chi connectivity index (χ2n) is 3.13. The van der Waals surface area contributed by atoms with Gasteiger partial charge >= 0.3 is 0 Å². The third-order valence-electron chi connectivity index (χ3n) is 2.03. The summed E-state index contributed by atoms with van der Waals surface area (Å²) in [6.07, 6.45) is 0.762. The van der Waals surface area contributed by atoms with Crippen LogP contribution in [0.25, 0.3) is 0 Å². The standard InChI is InChI=1S/C9H11N5O2/c1-2-6-3-4-7(16-6)9(15)10-5-8-11-13-14-12-8/h3-4H,2,5H2,1H3,(H,10,15)(H,11,12,13,14). The highest BCUT2D eigenvalue weighted by molar-refractivity contribution is 5.91. The predicted octanol–water partition coefficient (Wildman–Crippen LogP) is 0.285. The highest BCUT2D eigenvalue weighted by Crippen LogP contribution is 2.08. The Morgan fingerprint density at radius 1 is 1.56 bits per heavy atom. The van der Waals surface area contributed by atoms with Crippen molar-refractivity contribution >= 4 is 5.91 Å². The minimum absolute atomic E-state index is 0.220. The van der Waals surface area contributed by atoms with Crippen LogP contribution in [-0.4, -0.2) is 26.5 Å². The van der Waals surface area contributed by atoms with Gasteiger partial charge in [-0.25, -0.2) is 0 Å². The van der Waals surface area contributed by atoms with E-state index in [4.69, 9.17) is 4.42 Å². The van der Waals surface area contributed by atoms with Gasteiger partial charge in [0.2, 0.25) is 0 Å². The van der Waals surface area contributed by atoms with Gasteiger partial charge in [-0.2, -0.15) is 5.21 Å². The fourth-order valence-corrected chi connectivity index (χ4v) is 1.19. The van der Waals surface area contributed by atoms with Crippen LogP contribution in [0, 0.1) is 0 Å². The van der Waals surface area contributed by atoms with Crippen molar-refractivity contribution in [2.75, 3.05) is 0 Å². The zero-order chi connectivity index (χ0) is 11.4. The topological polar surface area (TPSA) is 96.7 Å². The zero-order valence-corrected chi connectivity index (χ0v) is 8.73. The van der Waals surface area contributed by atoms with Crippen molar-refractivity contribution in [3.63, 3.8) is 0 Å². The van der Waals surface area contributed by atoms with Crippen molar-refractivity contribution in [1.82, 2.24) is 25.9 Å². The molecule has 0 atom stereocenters. The molecule has 2 aromatic rings. The summed E-state index contributed by atoms with van der Waals surface area (Å²) in [6, 6.07) is 3.42. The molecule has 0 saturated carbocycles. The van der Waals surface area contributed by atoms with E-state index in [2.05, 4.69) is 25.9 Å². The molecule has 0 aliphatic heterocycles. The molecular formula is C9H11N5O2. The predicted molar refractivity (Wildman–Crippen MR) is 53.4 cm³/mol. The molecule has 7 heteroatoms. The van der Waals surface area contributed by atoms with Gasteiger partial charge in [0.05, 0.1) is 6.54 Å². The summed E-state index contributed by atoms with van der Waals surface area (Å²) >= 11 is 0. The molecule has 0 unspecified atom stereocenters. The van der Waals surface area contributed by atoms with E-state index in [1.54, 1.807) is 12.1 Å². The van der Waals surface area contributed by atoms with Crippen LogP contribution >= 0.6 is 0 Å². The molecule has 2 N–H and O–H groups in total. The highest BCUT2D eigenvalue weighted by Gasteiger charge is 2.10. The molecule has 2 aromatic heterocycles. The fraction of sp³-hybridized carbons (Fsp3) is 0.333. The first-order chi connectivity index (χ1) is 7.79. The Morgan fingerprint density at radius 2 is 2.44 bits per heavy atom. The molecule has 0 aliphatic carbocycles. The molecular weight excluding hydrogens is 210 g/mol. The highest BCUT2D eigenvalue weighted by atomic mass is 16.3. The maximum Gasteiger partial charge on any atom is 0.287 e. The number of carbonyl (C=O) groups excluding carboxylic acids is 1. The number of carbonyl (C=O) groups is 1. The summed E-state index contributed by atoms with van der Waals surface area (Å²) < 4.78 is 5.29. The second-order valence-corrected chi connectivity index (χ2v) is 3.13. The van der Waals surface area contributed by atoms with E-state index in [1.165, 1.54) is 0 Å². The molecule has 0 aromatic carbocycles. The average Bonchev–Trinajstić information content (AvgIpc) is 2.96. The minimum atomic E-state index is -0.287. The Kier molecular flexibility index (Phi) is 2.95. The summed E-state index contributed by atoms with van der Waals surface area (Å²) in [7, 11) is 0. The maximum absolute atomic E-state index is 11.6. The lowest BCUT2D eigenvalue weighted by Crippen LogP contribution is -2.22. The third-order valence-corrected chi connectivity index (χ3v) is 2.03. The van der Waals surface area contributed by atoms with Crippen LogP contribution in [0.2, 0.25) is 0 Å². The van der Waals surface area contributed by atoms with Gasteiger partial charge in [0.15, 0.2) is 11.6 Å². The monoisotopic (exact) mass is 221 g/mol. The average molecular weight is 221 g/mol. The molecule has 16 heavy (non-hydrogen) atoms. The molecule has 0 spiro atoms.